The molecule has 0 unspecified atom stereocenters. The van der Waals surface area contributed by atoms with E-state index >= 15 is 0 Å². The van der Waals surface area contributed by atoms with Gasteiger partial charge in [0.05, 0.1) is 6.04 Å². The van der Waals surface area contributed by atoms with Crippen LogP contribution in [0.4, 0.5) is 0 Å². The number of nitrogens with zero attached hydrogens (tertiary/aromatic N) is 2. The molecule has 128 valence electrons. The Morgan fingerprint density at radius 2 is 1.76 bits per heavy atom. The number of hydrogen-bond acceptors (Lipinski definition) is 2. The molecule has 0 aromatic heterocycles. The van der Waals surface area contributed by atoms with E-state index in [1.54, 1.807) is 0 Å². The lowest BCUT2D eigenvalue weighted by atomic mass is 9.91. The number of fused-ring (bicyclic) bond motifs is 1. The van der Waals surface area contributed by atoms with Crippen molar-refractivity contribution in [1.29, 1.82) is 0 Å². The van der Waals surface area contributed by atoms with E-state index in [1.165, 1.54) is 0 Å². The molecule has 0 aliphatic carbocycles. The number of likely N-dealkylation sites (tertiary alicyclic amines) is 2. The second-order valence-electron chi connectivity index (χ2n) is 6.99. The number of benzene rings is 2. The highest BCUT2D eigenvalue weighted by molar-refractivity contribution is 6.01. The first-order valence-corrected chi connectivity index (χ1v) is 8.84. The van der Waals surface area contributed by atoms with Crippen molar-refractivity contribution in [3.63, 3.8) is 0 Å². The van der Waals surface area contributed by atoms with E-state index in [9.17, 15) is 9.59 Å². The molecule has 2 aliphatic rings. The van der Waals surface area contributed by atoms with Gasteiger partial charge in [-0.05, 0) is 29.5 Å². The predicted molar refractivity (Wildman–Crippen MR) is 97.1 cm³/mol. The fourth-order valence-electron chi connectivity index (χ4n) is 4.10. The van der Waals surface area contributed by atoms with Gasteiger partial charge in [-0.2, -0.15) is 0 Å². The number of amides is 2. The van der Waals surface area contributed by atoms with Gasteiger partial charge in [-0.25, -0.2) is 0 Å². The molecule has 0 radical (unpaired) electrons. The van der Waals surface area contributed by atoms with Crippen molar-refractivity contribution in [2.75, 3.05) is 20.1 Å². The number of rotatable bonds is 2. The van der Waals surface area contributed by atoms with Gasteiger partial charge in [-0.1, -0.05) is 48.5 Å². The maximum atomic E-state index is 13.2. The molecule has 4 nitrogen and oxygen atoms in total. The monoisotopic (exact) mass is 334 g/mol. The second kappa shape index (κ2) is 6.36. The van der Waals surface area contributed by atoms with Crippen LogP contribution in [0.3, 0.4) is 0 Å². The highest BCUT2D eigenvalue weighted by Crippen LogP contribution is 2.33. The van der Waals surface area contributed by atoms with E-state index in [-0.39, 0.29) is 17.9 Å². The van der Waals surface area contributed by atoms with Crippen LogP contribution < -0.4 is 0 Å². The summed E-state index contributed by atoms with van der Waals surface area (Å²) >= 11 is 0. The van der Waals surface area contributed by atoms with Crippen LogP contribution in [0.25, 0.3) is 11.1 Å². The number of likely N-dealkylation sites (N-methyl/N-ethyl adjacent to an activating group) is 1. The first-order valence-electron chi connectivity index (χ1n) is 8.84. The summed E-state index contributed by atoms with van der Waals surface area (Å²) in [6.07, 6.45) is 1.53. The molecule has 2 amide bonds. The topological polar surface area (TPSA) is 40.6 Å². The first-order chi connectivity index (χ1) is 12.1. The van der Waals surface area contributed by atoms with E-state index in [2.05, 4.69) is 0 Å². The van der Waals surface area contributed by atoms with Gasteiger partial charge in [0.2, 0.25) is 5.91 Å². The van der Waals surface area contributed by atoms with Gasteiger partial charge < -0.3 is 9.80 Å². The van der Waals surface area contributed by atoms with Crippen LogP contribution in [0.15, 0.2) is 54.6 Å². The zero-order valence-corrected chi connectivity index (χ0v) is 14.4. The summed E-state index contributed by atoms with van der Waals surface area (Å²) in [7, 11) is 1.86. The van der Waals surface area contributed by atoms with Crippen molar-refractivity contribution >= 4 is 11.8 Å². The number of hydrogen-bond donors (Lipinski definition) is 0. The van der Waals surface area contributed by atoms with Crippen molar-refractivity contribution < 1.29 is 9.59 Å². The van der Waals surface area contributed by atoms with E-state index < -0.39 is 0 Å². The number of carbonyl (C=O) groups excluding carboxylic acids is 2. The third-order valence-electron chi connectivity index (χ3n) is 5.58. The van der Waals surface area contributed by atoms with Gasteiger partial charge in [0.1, 0.15) is 0 Å². The van der Waals surface area contributed by atoms with Crippen LogP contribution >= 0.6 is 0 Å². The van der Waals surface area contributed by atoms with E-state index in [1.807, 2.05) is 71.4 Å². The van der Waals surface area contributed by atoms with Gasteiger partial charge in [0, 0.05) is 32.1 Å². The fraction of sp³-hybridized carbons (Fsp3) is 0.333. The van der Waals surface area contributed by atoms with E-state index in [4.69, 9.17) is 0 Å². The third kappa shape index (κ3) is 2.82. The Morgan fingerprint density at radius 3 is 2.56 bits per heavy atom. The molecule has 2 saturated heterocycles. The fourth-order valence-corrected chi connectivity index (χ4v) is 4.10. The summed E-state index contributed by atoms with van der Waals surface area (Å²) in [5.41, 5.74) is 2.75. The zero-order valence-electron chi connectivity index (χ0n) is 14.4. The molecule has 2 aromatic rings. The summed E-state index contributed by atoms with van der Waals surface area (Å²) in [5.74, 6) is 0.658. The summed E-state index contributed by atoms with van der Waals surface area (Å²) < 4.78 is 0. The summed E-state index contributed by atoms with van der Waals surface area (Å²) in [5, 5.41) is 0. The minimum atomic E-state index is 0.0608. The minimum Gasteiger partial charge on any atom is -0.341 e. The summed E-state index contributed by atoms with van der Waals surface area (Å²) in [6.45, 7) is 1.36. The van der Waals surface area contributed by atoms with Crippen LogP contribution in [0.1, 0.15) is 23.2 Å². The van der Waals surface area contributed by atoms with Gasteiger partial charge in [0.15, 0.2) is 0 Å². The van der Waals surface area contributed by atoms with Gasteiger partial charge in [-0.15, -0.1) is 0 Å². The highest BCUT2D eigenvalue weighted by atomic mass is 16.2. The van der Waals surface area contributed by atoms with Crippen molar-refractivity contribution in [2.45, 2.75) is 18.9 Å². The third-order valence-corrected chi connectivity index (χ3v) is 5.58. The second-order valence-corrected chi connectivity index (χ2v) is 6.99. The normalized spacial score (nSPS) is 22.8. The molecular formula is C21H22N2O2. The molecule has 0 bridgehead atoms. The molecule has 0 saturated carbocycles. The van der Waals surface area contributed by atoms with Crippen LogP contribution in [-0.4, -0.2) is 47.8 Å². The summed E-state index contributed by atoms with van der Waals surface area (Å²) in [4.78, 5) is 28.9. The average molecular weight is 334 g/mol. The predicted octanol–water partition coefficient (Wildman–Crippen LogP) is 3.05. The zero-order chi connectivity index (χ0) is 17.4. The van der Waals surface area contributed by atoms with E-state index in [0.29, 0.717) is 18.9 Å². The standard InChI is InChI=1S/C21H22N2O2/c1-22-19-14-23(12-11-16(19)13-20(22)24)21(25)18-10-6-5-9-17(18)15-7-3-2-4-8-15/h2-10,16,19H,11-14H2,1H3/t16-,19-/m1/s1. The Balaban J connectivity index is 1.61. The van der Waals surface area contributed by atoms with E-state index in [0.717, 1.165) is 29.7 Å². The van der Waals surface area contributed by atoms with Gasteiger partial charge in [-0.3, -0.25) is 9.59 Å². The van der Waals surface area contributed by atoms with Crippen molar-refractivity contribution in [2.24, 2.45) is 5.92 Å². The highest BCUT2D eigenvalue weighted by Gasteiger charge is 2.42. The number of piperidine rings is 1. The van der Waals surface area contributed by atoms with Crippen LogP contribution in [-0.2, 0) is 4.79 Å². The van der Waals surface area contributed by atoms with Crippen LogP contribution in [0.5, 0.6) is 0 Å². The molecule has 0 N–H and O–H groups in total. The average Bonchev–Trinajstić information content (AvgIpc) is 2.95. The smallest absolute Gasteiger partial charge is 0.254 e. The Labute approximate surface area is 148 Å². The summed E-state index contributed by atoms with van der Waals surface area (Å²) in [6, 6.07) is 18.0. The van der Waals surface area contributed by atoms with Gasteiger partial charge in [0.25, 0.3) is 5.91 Å². The minimum absolute atomic E-state index is 0.0608. The van der Waals surface area contributed by atoms with Crippen LogP contribution in [0, 0.1) is 5.92 Å². The maximum absolute atomic E-state index is 13.2. The lowest BCUT2D eigenvalue weighted by Gasteiger charge is -2.37. The molecule has 2 aromatic carbocycles. The largest absolute Gasteiger partial charge is 0.341 e. The molecule has 25 heavy (non-hydrogen) atoms. The SMILES string of the molecule is CN1C(=O)C[C@H]2CCN(C(=O)c3ccccc3-c3ccccc3)C[C@H]21. The molecule has 0 spiro atoms. The molecule has 4 heteroatoms. The maximum Gasteiger partial charge on any atom is 0.254 e. The van der Waals surface area contributed by atoms with Crippen molar-refractivity contribution in [3.8, 4) is 11.1 Å². The van der Waals surface area contributed by atoms with Crippen molar-refractivity contribution in [1.82, 2.24) is 9.80 Å². The quantitative estimate of drug-likeness (QED) is 0.847. The molecule has 4 rings (SSSR count). The first kappa shape index (κ1) is 15.9. The van der Waals surface area contributed by atoms with Gasteiger partial charge >= 0.3 is 0 Å². The lowest BCUT2D eigenvalue weighted by molar-refractivity contribution is -0.127. The Bertz CT molecular complexity index is 803. The molecule has 2 fully saturated rings. The molecule has 2 heterocycles. The molecule has 2 atom stereocenters. The Morgan fingerprint density at radius 1 is 1.04 bits per heavy atom. The van der Waals surface area contributed by atoms with Crippen LogP contribution in [0.2, 0.25) is 0 Å². The Kier molecular flexibility index (Phi) is 4.04. The Hall–Kier alpha value is -2.62. The van der Waals surface area contributed by atoms with Crippen molar-refractivity contribution in [3.05, 3.63) is 60.2 Å². The molecule has 2 aliphatic heterocycles. The lowest BCUT2D eigenvalue weighted by Crippen LogP contribution is -2.49. The molecular weight excluding hydrogens is 312 g/mol. The number of carbonyl (C=O) groups is 2.